The highest BCUT2D eigenvalue weighted by Gasteiger charge is 2.15. The molecular formula is C15H24N6O3. The first-order valence-electron chi connectivity index (χ1n) is 7.90. The molecule has 9 heteroatoms. The highest BCUT2D eigenvalue weighted by Crippen LogP contribution is 2.20. The summed E-state index contributed by atoms with van der Waals surface area (Å²) < 4.78 is 11.8. The normalized spacial score (nSPS) is 12.4. The van der Waals surface area contributed by atoms with Crippen LogP contribution >= 0.6 is 0 Å². The molecule has 9 nitrogen and oxygen atoms in total. The van der Waals surface area contributed by atoms with Crippen molar-refractivity contribution in [3.8, 4) is 0 Å². The number of ether oxygens (including phenoxy) is 1. The zero-order valence-corrected chi connectivity index (χ0v) is 14.4. The van der Waals surface area contributed by atoms with Gasteiger partial charge in [-0.2, -0.15) is 10.1 Å². The number of rotatable bonds is 8. The number of nitrogens with one attached hydrogen (secondary N) is 2. The van der Waals surface area contributed by atoms with Gasteiger partial charge in [0.15, 0.2) is 5.82 Å². The van der Waals surface area contributed by atoms with Crippen molar-refractivity contribution in [1.82, 2.24) is 25.2 Å². The van der Waals surface area contributed by atoms with Crippen LogP contribution in [0.5, 0.6) is 0 Å². The minimum Gasteiger partial charge on any atom is -0.384 e. The van der Waals surface area contributed by atoms with Gasteiger partial charge in [-0.1, -0.05) is 19.0 Å². The molecular weight excluding hydrogens is 312 g/mol. The predicted molar refractivity (Wildman–Crippen MR) is 87.5 cm³/mol. The molecule has 0 radical (unpaired) electrons. The standard InChI is InChI=1S/C15H24N6O3/c1-10(2)11(3)21-13(5-7-17-21)19-15(22)16-9-12-18-14(24-20-12)6-8-23-4/h5,7,10-11H,6,8-9H2,1-4H3,(H2,16,19,22). The van der Waals surface area contributed by atoms with Gasteiger partial charge in [0.2, 0.25) is 5.89 Å². The van der Waals surface area contributed by atoms with Gasteiger partial charge in [-0.25, -0.2) is 9.48 Å². The maximum Gasteiger partial charge on any atom is 0.320 e. The monoisotopic (exact) mass is 336 g/mol. The summed E-state index contributed by atoms with van der Waals surface area (Å²) in [5, 5.41) is 13.5. The largest absolute Gasteiger partial charge is 0.384 e. The number of urea groups is 1. The van der Waals surface area contributed by atoms with Gasteiger partial charge < -0.3 is 14.6 Å². The van der Waals surface area contributed by atoms with Gasteiger partial charge in [0.1, 0.15) is 5.82 Å². The molecule has 0 bridgehead atoms. The number of carbonyl (C=O) groups is 1. The SMILES string of the molecule is COCCc1nc(CNC(=O)Nc2ccnn2C(C)C(C)C)no1. The first kappa shape index (κ1) is 17.9. The Morgan fingerprint density at radius 1 is 1.42 bits per heavy atom. The van der Waals surface area contributed by atoms with E-state index in [0.29, 0.717) is 36.5 Å². The fourth-order valence-electron chi connectivity index (χ4n) is 1.99. The van der Waals surface area contributed by atoms with E-state index in [2.05, 4.69) is 46.6 Å². The Balaban J connectivity index is 1.86. The lowest BCUT2D eigenvalue weighted by molar-refractivity contribution is 0.192. The number of hydrogen-bond donors (Lipinski definition) is 2. The Kier molecular flexibility index (Phi) is 6.30. The number of methoxy groups -OCH3 is 1. The lowest BCUT2D eigenvalue weighted by Crippen LogP contribution is -2.30. The van der Waals surface area contributed by atoms with Crippen LogP contribution in [0, 0.1) is 5.92 Å². The van der Waals surface area contributed by atoms with Crippen LogP contribution in [-0.4, -0.2) is 39.7 Å². The summed E-state index contributed by atoms with van der Waals surface area (Å²) in [5.41, 5.74) is 0. The van der Waals surface area contributed by atoms with E-state index in [1.54, 1.807) is 24.1 Å². The molecule has 2 amide bonds. The summed E-state index contributed by atoms with van der Waals surface area (Å²) >= 11 is 0. The summed E-state index contributed by atoms with van der Waals surface area (Å²) in [6.45, 7) is 6.95. The van der Waals surface area contributed by atoms with Crippen molar-refractivity contribution < 1.29 is 14.1 Å². The van der Waals surface area contributed by atoms with Gasteiger partial charge in [-0.15, -0.1) is 0 Å². The van der Waals surface area contributed by atoms with Gasteiger partial charge in [0.25, 0.3) is 0 Å². The van der Waals surface area contributed by atoms with Crippen molar-refractivity contribution in [3.05, 3.63) is 24.0 Å². The van der Waals surface area contributed by atoms with Gasteiger partial charge in [-0.05, 0) is 12.8 Å². The van der Waals surface area contributed by atoms with Crippen LogP contribution in [0.3, 0.4) is 0 Å². The molecule has 132 valence electrons. The molecule has 2 aromatic heterocycles. The fraction of sp³-hybridized carbons (Fsp3) is 0.600. The number of carbonyl (C=O) groups excluding carboxylic acids is 1. The van der Waals surface area contributed by atoms with Crippen LogP contribution in [0.2, 0.25) is 0 Å². The summed E-state index contributed by atoms with van der Waals surface area (Å²) in [6.07, 6.45) is 2.21. The first-order chi connectivity index (χ1) is 11.5. The number of amides is 2. The molecule has 0 aromatic carbocycles. The minimum absolute atomic E-state index is 0.177. The molecule has 2 rings (SSSR count). The molecule has 0 aliphatic heterocycles. The van der Waals surface area contributed by atoms with Crippen LogP contribution in [0.15, 0.2) is 16.8 Å². The van der Waals surface area contributed by atoms with Crippen molar-refractivity contribution in [1.29, 1.82) is 0 Å². The smallest absolute Gasteiger partial charge is 0.320 e. The van der Waals surface area contributed by atoms with Gasteiger partial charge in [0.05, 0.1) is 31.8 Å². The third-order valence-electron chi connectivity index (χ3n) is 3.70. The molecule has 2 aromatic rings. The third kappa shape index (κ3) is 4.79. The van der Waals surface area contributed by atoms with Gasteiger partial charge in [-0.3, -0.25) is 5.32 Å². The average molecular weight is 336 g/mol. The van der Waals surface area contributed by atoms with E-state index in [9.17, 15) is 4.79 Å². The van der Waals surface area contributed by atoms with Crippen LogP contribution in [0.1, 0.15) is 38.5 Å². The molecule has 24 heavy (non-hydrogen) atoms. The van der Waals surface area contributed by atoms with Crippen molar-refractivity contribution >= 4 is 11.8 Å². The maximum atomic E-state index is 12.0. The quantitative estimate of drug-likeness (QED) is 0.763. The van der Waals surface area contributed by atoms with E-state index >= 15 is 0 Å². The van der Waals surface area contributed by atoms with Gasteiger partial charge in [0, 0.05) is 13.2 Å². The predicted octanol–water partition coefficient (Wildman–Crippen LogP) is 1.99. The second-order valence-electron chi connectivity index (χ2n) is 5.80. The Morgan fingerprint density at radius 2 is 2.21 bits per heavy atom. The lowest BCUT2D eigenvalue weighted by Gasteiger charge is -2.19. The molecule has 1 atom stereocenters. The van der Waals surface area contributed by atoms with Crippen LogP contribution < -0.4 is 10.6 Å². The molecule has 0 spiro atoms. The highest BCUT2D eigenvalue weighted by molar-refractivity contribution is 5.88. The maximum absolute atomic E-state index is 12.0. The number of aromatic nitrogens is 4. The molecule has 2 N–H and O–H groups in total. The molecule has 0 aliphatic rings. The van der Waals surface area contributed by atoms with E-state index in [4.69, 9.17) is 9.26 Å². The van der Waals surface area contributed by atoms with Gasteiger partial charge >= 0.3 is 6.03 Å². The zero-order chi connectivity index (χ0) is 17.5. The van der Waals surface area contributed by atoms with Crippen LogP contribution in [-0.2, 0) is 17.7 Å². The number of hydrogen-bond acceptors (Lipinski definition) is 6. The highest BCUT2D eigenvalue weighted by atomic mass is 16.5. The van der Waals surface area contributed by atoms with Crippen molar-refractivity contribution in [2.24, 2.45) is 5.92 Å². The van der Waals surface area contributed by atoms with E-state index in [1.807, 2.05) is 0 Å². The zero-order valence-electron chi connectivity index (χ0n) is 14.4. The Morgan fingerprint density at radius 3 is 2.92 bits per heavy atom. The average Bonchev–Trinajstić information content (AvgIpc) is 3.19. The molecule has 0 aliphatic carbocycles. The molecule has 0 fully saturated rings. The Labute approximate surface area is 140 Å². The number of nitrogens with zero attached hydrogens (tertiary/aromatic N) is 4. The minimum atomic E-state index is -0.351. The Bertz CT molecular complexity index is 651. The van der Waals surface area contributed by atoms with Crippen LogP contribution in [0.25, 0.3) is 0 Å². The number of anilines is 1. The summed E-state index contributed by atoms with van der Waals surface area (Å²) in [5.74, 6) is 1.94. The molecule has 0 saturated carbocycles. The van der Waals surface area contributed by atoms with Crippen molar-refractivity contribution in [2.75, 3.05) is 19.0 Å². The van der Waals surface area contributed by atoms with E-state index in [0.717, 1.165) is 0 Å². The molecule has 0 saturated heterocycles. The summed E-state index contributed by atoms with van der Waals surface area (Å²) in [4.78, 5) is 16.2. The third-order valence-corrected chi connectivity index (χ3v) is 3.70. The van der Waals surface area contributed by atoms with Crippen LogP contribution in [0.4, 0.5) is 10.6 Å². The van der Waals surface area contributed by atoms with E-state index < -0.39 is 0 Å². The fourth-order valence-corrected chi connectivity index (χ4v) is 1.99. The second kappa shape index (κ2) is 8.44. The Hall–Kier alpha value is -2.42. The van der Waals surface area contributed by atoms with E-state index in [1.165, 1.54) is 0 Å². The molecule has 2 heterocycles. The van der Waals surface area contributed by atoms with E-state index in [-0.39, 0.29) is 18.6 Å². The summed E-state index contributed by atoms with van der Waals surface area (Å²) in [6, 6.07) is 1.59. The summed E-state index contributed by atoms with van der Waals surface area (Å²) in [7, 11) is 1.61. The first-order valence-corrected chi connectivity index (χ1v) is 7.90. The van der Waals surface area contributed by atoms with Crippen molar-refractivity contribution in [2.45, 2.75) is 39.8 Å². The topological polar surface area (TPSA) is 107 Å². The second-order valence-corrected chi connectivity index (χ2v) is 5.80. The van der Waals surface area contributed by atoms with Crippen molar-refractivity contribution in [3.63, 3.8) is 0 Å². The lowest BCUT2D eigenvalue weighted by atomic mass is 10.1. The molecule has 1 unspecified atom stereocenters.